The lowest BCUT2D eigenvalue weighted by Crippen LogP contribution is -2.42. The van der Waals surface area contributed by atoms with Crippen LogP contribution >= 0.6 is 11.8 Å². The van der Waals surface area contributed by atoms with Crippen molar-refractivity contribution in [2.75, 3.05) is 48.4 Å². The van der Waals surface area contributed by atoms with E-state index >= 15 is 0 Å². The van der Waals surface area contributed by atoms with E-state index in [1.807, 2.05) is 0 Å². The van der Waals surface area contributed by atoms with Crippen LogP contribution in [-0.2, 0) is 14.3 Å². The van der Waals surface area contributed by atoms with E-state index in [2.05, 4.69) is 0 Å². The second-order valence-corrected chi connectivity index (χ2v) is 9.50. The molecule has 0 radical (unpaired) electrons. The Balaban J connectivity index is 2.06. The van der Waals surface area contributed by atoms with E-state index in [1.165, 1.54) is 42.7 Å². The molecule has 3 aromatic rings. The standard InChI is InChI=1S/C28H28N2O9S/c1-34-17-9-7-14(12-19(17)36-3)11-16-21(29)23(27(32)38-5)30-22(16)25(28(33)39-6)40-24(26(30)31)15-8-10-18(35-2)20(13-15)37-4/h7-13,24H,29H2,1-6H3/b16-11+/t24-/m0/s1. The molecule has 4 rings (SSSR count). The van der Waals surface area contributed by atoms with Gasteiger partial charge in [-0.05, 0) is 41.5 Å². The zero-order chi connectivity index (χ0) is 29.1. The maximum Gasteiger partial charge on any atom is 0.357 e. The van der Waals surface area contributed by atoms with Gasteiger partial charge in [-0.15, -0.1) is 0 Å². The number of ether oxygens (including phenoxy) is 6. The molecule has 0 aliphatic carbocycles. The van der Waals surface area contributed by atoms with E-state index < -0.39 is 23.1 Å². The summed E-state index contributed by atoms with van der Waals surface area (Å²) in [6.07, 6.45) is 1.64. The highest BCUT2D eigenvalue weighted by atomic mass is 32.2. The first-order valence-electron chi connectivity index (χ1n) is 11.8. The van der Waals surface area contributed by atoms with E-state index in [0.717, 1.165) is 16.3 Å². The summed E-state index contributed by atoms with van der Waals surface area (Å²) in [5, 5.41) is -0.573. The van der Waals surface area contributed by atoms with Gasteiger partial charge in [-0.2, -0.15) is 0 Å². The lowest BCUT2D eigenvalue weighted by Gasteiger charge is -2.24. The lowest BCUT2D eigenvalue weighted by molar-refractivity contribution is -0.133. The van der Waals surface area contributed by atoms with Crippen molar-refractivity contribution in [1.82, 2.24) is 4.57 Å². The average Bonchev–Trinajstić information content (AvgIpc) is 3.27. The van der Waals surface area contributed by atoms with Gasteiger partial charge in [-0.25, -0.2) is 9.59 Å². The minimum atomic E-state index is -0.953. The summed E-state index contributed by atoms with van der Waals surface area (Å²) in [5.41, 5.74) is 7.36. The molecule has 0 saturated carbocycles. The number of carbonyl (C=O) groups is 3. The first-order valence-corrected chi connectivity index (χ1v) is 12.7. The van der Waals surface area contributed by atoms with Gasteiger partial charge >= 0.3 is 11.9 Å². The first kappa shape index (κ1) is 28.4. The summed E-state index contributed by atoms with van der Waals surface area (Å²) in [6, 6.07) is 10.1. The number of thioether (sulfide) groups is 1. The summed E-state index contributed by atoms with van der Waals surface area (Å²) >= 11 is 0.984. The second-order valence-electron chi connectivity index (χ2n) is 8.38. The Hall–Kier alpha value is -4.58. The predicted molar refractivity (Wildman–Crippen MR) is 148 cm³/mol. The van der Waals surface area contributed by atoms with Gasteiger partial charge in [0, 0.05) is 5.22 Å². The number of nitrogens with zero attached hydrogens (tertiary/aromatic N) is 1. The van der Waals surface area contributed by atoms with Crippen LogP contribution in [0.5, 0.6) is 23.0 Å². The van der Waals surface area contributed by atoms with Crippen LogP contribution in [0.4, 0.5) is 5.69 Å². The predicted octanol–water partition coefficient (Wildman–Crippen LogP) is 2.13. The number of fused-ring (bicyclic) bond motifs is 1. The molecule has 1 atom stereocenters. The Labute approximate surface area is 234 Å². The molecule has 2 aromatic carbocycles. The molecular weight excluding hydrogens is 540 g/mol. The molecule has 2 N–H and O–H groups in total. The molecular formula is C28H28N2O9S. The number of carbonyl (C=O) groups excluding carboxylic acids is 3. The van der Waals surface area contributed by atoms with Gasteiger partial charge < -0.3 is 34.2 Å². The van der Waals surface area contributed by atoms with Gasteiger partial charge in [-0.1, -0.05) is 23.9 Å². The number of esters is 2. The molecule has 0 fully saturated rings. The van der Waals surface area contributed by atoms with Crippen LogP contribution in [0.2, 0.25) is 0 Å². The molecule has 11 nitrogen and oxygen atoms in total. The minimum absolute atomic E-state index is 0.0417. The summed E-state index contributed by atoms with van der Waals surface area (Å²) in [6.45, 7) is 0. The number of nitrogens with two attached hydrogens (primary N) is 1. The zero-order valence-corrected chi connectivity index (χ0v) is 23.5. The van der Waals surface area contributed by atoms with Crippen molar-refractivity contribution in [2.24, 2.45) is 0 Å². The van der Waals surface area contributed by atoms with Crippen LogP contribution in [0.25, 0.3) is 11.0 Å². The molecule has 0 saturated heterocycles. The van der Waals surface area contributed by atoms with Crippen LogP contribution < -0.4 is 35.2 Å². The van der Waals surface area contributed by atoms with Crippen molar-refractivity contribution in [3.05, 3.63) is 63.8 Å². The summed E-state index contributed by atoms with van der Waals surface area (Å²) in [7, 11) is 8.39. The third kappa shape index (κ3) is 4.81. The molecule has 1 aliphatic heterocycles. The fraction of sp³-hybridized carbons (Fsp3) is 0.250. The van der Waals surface area contributed by atoms with E-state index in [4.69, 9.17) is 34.2 Å². The monoisotopic (exact) mass is 568 g/mol. The number of benzene rings is 2. The lowest BCUT2D eigenvalue weighted by atomic mass is 10.1. The fourth-order valence-corrected chi connectivity index (χ4v) is 5.63. The number of hydrogen-bond donors (Lipinski definition) is 1. The van der Waals surface area contributed by atoms with Gasteiger partial charge in [0.25, 0.3) is 0 Å². The topological polar surface area (TPSA) is 138 Å². The number of aromatic nitrogens is 1. The molecule has 0 bridgehead atoms. The van der Waals surface area contributed by atoms with Crippen molar-refractivity contribution in [3.8, 4) is 23.0 Å². The SMILES string of the molecule is COC(=O)C1=c2/c(=C/c3ccc(OC)c(OC)c3)c(N)c(C(=O)OC)n2C(=O)[C@H](c2ccc(OC)c(OC)c2)S1. The van der Waals surface area contributed by atoms with E-state index in [1.54, 1.807) is 42.5 Å². The van der Waals surface area contributed by atoms with Crippen molar-refractivity contribution >= 4 is 46.3 Å². The molecule has 0 unspecified atom stereocenters. The Morgan fingerprint density at radius 2 is 1.40 bits per heavy atom. The number of anilines is 1. The highest BCUT2D eigenvalue weighted by Gasteiger charge is 2.38. The Morgan fingerprint density at radius 3 is 1.98 bits per heavy atom. The molecule has 40 heavy (non-hydrogen) atoms. The smallest absolute Gasteiger partial charge is 0.357 e. The van der Waals surface area contributed by atoms with Gasteiger partial charge in [-0.3, -0.25) is 9.36 Å². The Bertz CT molecular complexity index is 1630. The van der Waals surface area contributed by atoms with Crippen LogP contribution in [0, 0.1) is 0 Å². The van der Waals surface area contributed by atoms with Gasteiger partial charge in [0.2, 0.25) is 5.91 Å². The van der Waals surface area contributed by atoms with Gasteiger partial charge in [0.15, 0.2) is 28.7 Å². The molecule has 1 aliphatic rings. The number of hydrogen-bond acceptors (Lipinski definition) is 11. The minimum Gasteiger partial charge on any atom is -0.493 e. The van der Waals surface area contributed by atoms with Crippen LogP contribution in [-0.4, -0.2) is 65.1 Å². The normalized spacial score (nSPS) is 14.8. The quantitative estimate of drug-likeness (QED) is 0.400. The highest BCUT2D eigenvalue weighted by molar-refractivity contribution is 8.10. The summed E-state index contributed by atoms with van der Waals surface area (Å²) in [5.74, 6) is -0.259. The molecule has 0 amide bonds. The third-order valence-corrected chi connectivity index (χ3v) is 7.63. The van der Waals surface area contributed by atoms with Crippen molar-refractivity contribution in [1.29, 1.82) is 0 Å². The van der Waals surface area contributed by atoms with Gasteiger partial charge in [0.05, 0.1) is 53.7 Å². The largest absolute Gasteiger partial charge is 0.493 e. The third-order valence-electron chi connectivity index (χ3n) is 6.32. The Kier molecular flexibility index (Phi) is 8.29. The summed E-state index contributed by atoms with van der Waals surface area (Å²) < 4.78 is 32.6. The number of rotatable bonds is 8. The zero-order valence-electron chi connectivity index (χ0n) is 22.7. The number of nitrogen functional groups attached to an aromatic ring is 1. The van der Waals surface area contributed by atoms with Crippen molar-refractivity contribution in [3.63, 3.8) is 0 Å². The van der Waals surface area contributed by atoms with Crippen molar-refractivity contribution in [2.45, 2.75) is 5.25 Å². The van der Waals surface area contributed by atoms with E-state index in [-0.39, 0.29) is 26.9 Å². The molecule has 210 valence electrons. The summed E-state index contributed by atoms with van der Waals surface area (Å²) in [4.78, 5) is 40.2. The highest BCUT2D eigenvalue weighted by Crippen LogP contribution is 2.42. The van der Waals surface area contributed by atoms with Crippen molar-refractivity contribution < 1.29 is 42.8 Å². The maximum absolute atomic E-state index is 14.1. The van der Waals surface area contributed by atoms with E-state index in [0.29, 0.717) is 34.1 Å². The molecule has 1 aromatic heterocycles. The van der Waals surface area contributed by atoms with E-state index in [9.17, 15) is 14.4 Å². The fourth-order valence-electron chi connectivity index (χ4n) is 4.41. The first-order chi connectivity index (χ1) is 19.2. The van der Waals surface area contributed by atoms with Crippen LogP contribution in [0.3, 0.4) is 0 Å². The maximum atomic E-state index is 14.1. The molecule has 12 heteroatoms. The Morgan fingerprint density at radius 1 is 0.825 bits per heavy atom. The number of methoxy groups -OCH3 is 6. The van der Waals surface area contributed by atoms with Gasteiger partial charge in [0.1, 0.15) is 10.2 Å². The van der Waals surface area contributed by atoms with Crippen LogP contribution in [0.1, 0.15) is 31.7 Å². The van der Waals surface area contributed by atoms with Crippen LogP contribution in [0.15, 0.2) is 36.4 Å². The second kappa shape index (κ2) is 11.7. The molecule has 0 spiro atoms. The molecule has 2 heterocycles. The average molecular weight is 569 g/mol.